The van der Waals surface area contributed by atoms with E-state index in [1.165, 1.54) is 15.4 Å². The summed E-state index contributed by atoms with van der Waals surface area (Å²) in [6.45, 7) is 2.20. The van der Waals surface area contributed by atoms with Gasteiger partial charge < -0.3 is 16.0 Å². The number of nitrogens with zero attached hydrogens (tertiary/aromatic N) is 5. The Hall–Kier alpha value is -3.62. The summed E-state index contributed by atoms with van der Waals surface area (Å²) in [5.74, 6) is -6.49. The van der Waals surface area contributed by atoms with Crippen LogP contribution in [0.25, 0.3) is 5.65 Å². The van der Waals surface area contributed by atoms with Crippen LogP contribution >= 0.6 is 0 Å². The van der Waals surface area contributed by atoms with Crippen LogP contribution in [0, 0.1) is 17.8 Å². The highest BCUT2D eigenvalue weighted by atomic mass is 19.4. The quantitative estimate of drug-likeness (QED) is 0.317. The highest BCUT2D eigenvalue weighted by Gasteiger charge is 2.45. The summed E-state index contributed by atoms with van der Waals surface area (Å²) in [6, 6.07) is 2.63. The zero-order valence-electron chi connectivity index (χ0n) is 23.9. The fourth-order valence-electron chi connectivity index (χ4n) is 6.06. The number of carbonyl (C=O) groups is 2. The van der Waals surface area contributed by atoms with E-state index < -0.39 is 48.3 Å². The van der Waals surface area contributed by atoms with Crippen molar-refractivity contribution in [2.75, 3.05) is 13.6 Å². The lowest BCUT2D eigenvalue weighted by Gasteiger charge is -2.33. The van der Waals surface area contributed by atoms with E-state index in [-0.39, 0.29) is 44.4 Å². The van der Waals surface area contributed by atoms with Crippen molar-refractivity contribution in [2.45, 2.75) is 76.7 Å². The third-order valence-electron chi connectivity index (χ3n) is 8.45. The number of fused-ring (bicyclic) bond motifs is 1. The molecule has 0 aromatic carbocycles. The Balaban J connectivity index is 1.47. The zero-order valence-corrected chi connectivity index (χ0v) is 23.9. The molecule has 1 aliphatic carbocycles. The number of amides is 2. The molecular weight excluding hydrogens is 575 g/mol. The van der Waals surface area contributed by atoms with E-state index >= 15 is 0 Å². The normalized spacial score (nSPS) is 22.0. The Kier molecular flexibility index (Phi) is 8.72. The second-order valence-corrected chi connectivity index (χ2v) is 11.4. The van der Waals surface area contributed by atoms with Gasteiger partial charge in [0, 0.05) is 51.0 Å². The molecule has 10 nitrogen and oxygen atoms in total. The van der Waals surface area contributed by atoms with Crippen molar-refractivity contribution >= 4 is 17.5 Å². The van der Waals surface area contributed by atoms with Crippen molar-refractivity contribution in [1.29, 1.82) is 0 Å². The number of halogens is 5. The van der Waals surface area contributed by atoms with E-state index in [0.29, 0.717) is 41.4 Å². The van der Waals surface area contributed by atoms with Crippen LogP contribution < -0.4 is 16.0 Å². The first-order chi connectivity index (χ1) is 20.4. The molecule has 0 radical (unpaired) electrons. The molecule has 43 heavy (non-hydrogen) atoms. The van der Waals surface area contributed by atoms with Gasteiger partial charge in [0.2, 0.25) is 11.8 Å². The molecule has 0 spiro atoms. The topological polar surface area (TPSA) is 118 Å². The second-order valence-electron chi connectivity index (χ2n) is 11.4. The molecule has 1 saturated carbocycles. The van der Waals surface area contributed by atoms with Gasteiger partial charge in [-0.15, -0.1) is 0 Å². The van der Waals surface area contributed by atoms with E-state index in [1.54, 1.807) is 25.4 Å². The minimum Gasteiger partial charge on any atom is -0.355 e. The van der Waals surface area contributed by atoms with Crippen LogP contribution in [0.15, 0.2) is 24.5 Å². The first kappa shape index (κ1) is 30.8. The van der Waals surface area contributed by atoms with Crippen LogP contribution in [0.2, 0.25) is 0 Å². The molecule has 2 amide bonds. The molecule has 2 aliphatic rings. The van der Waals surface area contributed by atoms with Crippen LogP contribution in [0.5, 0.6) is 0 Å². The highest BCUT2D eigenvalue weighted by Crippen LogP contribution is 2.41. The Morgan fingerprint density at radius 3 is 2.67 bits per heavy atom. The average Bonchev–Trinajstić information content (AvgIpc) is 3.59. The number of nitrogens with one attached hydrogen (secondary N) is 3. The maximum Gasteiger partial charge on any atom is 0.393 e. The van der Waals surface area contributed by atoms with E-state index in [2.05, 4.69) is 26.1 Å². The van der Waals surface area contributed by atoms with Crippen LogP contribution in [0.1, 0.15) is 72.5 Å². The number of alkyl halides is 5. The smallest absolute Gasteiger partial charge is 0.355 e. The molecule has 3 atom stereocenters. The summed E-state index contributed by atoms with van der Waals surface area (Å²) in [4.78, 5) is 30.5. The molecule has 15 heteroatoms. The average molecular weight is 611 g/mol. The third kappa shape index (κ3) is 6.81. The number of piperidine rings is 1. The van der Waals surface area contributed by atoms with Crippen LogP contribution in [-0.2, 0) is 24.3 Å². The lowest BCUT2D eigenvalue weighted by molar-refractivity contribution is -0.183. The number of hydrogen-bond donors (Lipinski definition) is 3. The maximum atomic E-state index is 14.0. The summed E-state index contributed by atoms with van der Waals surface area (Å²) in [6.07, 6.45) is -1.89. The molecule has 1 saturated heterocycles. The Morgan fingerprint density at radius 2 is 2.00 bits per heavy atom. The molecule has 3 aromatic rings. The Morgan fingerprint density at radius 1 is 1.26 bits per heavy atom. The second kappa shape index (κ2) is 12.2. The maximum absolute atomic E-state index is 14.0. The van der Waals surface area contributed by atoms with Gasteiger partial charge in [0.1, 0.15) is 5.69 Å². The molecule has 2 fully saturated rings. The number of carbonyl (C=O) groups excluding carboxylic acids is 2. The van der Waals surface area contributed by atoms with E-state index in [1.807, 2.05) is 6.92 Å². The van der Waals surface area contributed by atoms with Gasteiger partial charge in [-0.3, -0.25) is 14.3 Å². The van der Waals surface area contributed by atoms with Gasteiger partial charge in [-0.1, -0.05) is 0 Å². The number of hydrogen-bond acceptors (Lipinski definition) is 6. The molecule has 3 aromatic heterocycles. The van der Waals surface area contributed by atoms with Gasteiger partial charge in [-0.2, -0.15) is 23.4 Å². The van der Waals surface area contributed by atoms with Crippen molar-refractivity contribution in [2.24, 2.45) is 17.8 Å². The minimum atomic E-state index is -4.42. The molecule has 4 heterocycles. The molecule has 1 unspecified atom stereocenters. The lowest BCUT2D eigenvalue weighted by atomic mass is 9.81. The lowest BCUT2D eigenvalue weighted by Crippen LogP contribution is -2.47. The SMILES string of the molecule is CCn1nccc1C(=O)N[C@H](c1cn2nc(C[C@H]3CC(C(F)(F)F)CNC3=O)c(CNC)cc2n1)C1CCC(F)(F)CC1. The molecule has 234 valence electrons. The first-order valence-corrected chi connectivity index (χ1v) is 14.5. The fourth-order valence-corrected chi connectivity index (χ4v) is 6.06. The van der Waals surface area contributed by atoms with Crippen LogP contribution in [-0.4, -0.2) is 61.9 Å². The Bertz CT molecular complexity index is 1460. The van der Waals surface area contributed by atoms with Crippen molar-refractivity contribution in [3.05, 3.63) is 47.2 Å². The molecule has 1 aliphatic heterocycles. The zero-order chi connectivity index (χ0) is 30.9. The van der Waals surface area contributed by atoms with Crippen molar-refractivity contribution < 1.29 is 31.5 Å². The van der Waals surface area contributed by atoms with E-state index in [9.17, 15) is 31.5 Å². The van der Waals surface area contributed by atoms with Crippen LogP contribution in [0.3, 0.4) is 0 Å². The predicted octanol–water partition coefficient (Wildman–Crippen LogP) is 3.82. The summed E-state index contributed by atoms with van der Waals surface area (Å²) in [7, 11) is 1.71. The highest BCUT2D eigenvalue weighted by molar-refractivity contribution is 5.92. The number of aromatic nitrogens is 5. The van der Waals surface area contributed by atoms with Crippen LogP contribution in [0.4, 0.5) is 22.0 Å². The van der Waals surface area contributed by atoms with Gasteiger partial charge in [0.05, 0.1) is 29.5 Å². The monoisotopic (exact) mass is 610 g/mol. The van der Waals surface area contributed by atoms with E-state index in [0.717, 1.165) is 0 Å². The number of imidazole rings is 1. The number of rotatable bonds is 9. The van der Waals surface area contributed by atoms with Crippen molar-refractivity contribution in [1.82, 2.24) is 40.3 Å². The first-order valence-electron chi connectivity index (χ1n) is 14.5. The van der Waals surface area contributed by atoms with E-state index in [4.69, 9.17) is 4.98 Å². The van der Waals surface area contributed by atoms with Gasteiger partial charge in [0.25, 0.3) is 5.91 Å². The fraction of sp³-hybridized carbons (Fsp3) is 0.607. The van der Waals surface area contributed by atoms with Crippen molar-refractivity contribution in [3.8, 4) is 0 Å². The molecule has 3 N–H and O–H groups in total. The summed E-state index contributed by atoms with van der Waals surface area (Å²) in [5, 5.41) is 17.2. The molecular formula is C28H35F5N8O2. The van der Waals surface area contributed by atoms with Gasteiger partial charge in [-0.05, 0) is 56.8 Å². The Labute approximate surface area is 244 Å². The van der Waals surface area contributed by atoms with Gasteiger partial charge >= 0.3 is 6.18 Å². The van der Waals surface area contributed by atoms with Gasteiger partial charge in [0.15, 0.2) is 5.65 Å². The summed E-state index contributed by atoms with van der Waals surface area (Å²) >= 11 is 0. The molecule has 0 bridgehead atoms. The van der Waals surface area contributed by atoms with Crippen molar-refractivity contribution in [3.63, 3.8) is 0 Å². The third-order valence-corrected chi connectivity index (χ3v) is 8.45. The summed E-state index contributed by atoms with van der Waals surface area (Å²) < 4.78 is 71.3. The summed E-state index contributed by atoms with van der Waals surface area (Å²) in [5.41, 5.74) is 2.29. The standard InChI is InChI=1S/C28H35F5N8O2/c1-3-40-22(6-9-36-40)26(43)38-24(16-4-7-27(29,30)8-5-16)21-15-41-23(37-21)12-18(13-34-2)20(39-41)11-17-10-19(28(31,32)33)14-35-25(17)42/h6,9,12,15-17,19,24,34H,3-5,7-8,10-11,13-14H2,1-2H3,(H,35,42)(H,38,43)/t17-,19?,24+/m1/s1. The largest absolute Gasteiger partial charge is 0.393 e. The number of aryl methyl sites for hydroxylation is 1. The predicted molar refractivity (Wildman–Crippen MR) is 145 cm³/mol. The molecule has 5 rings (SSSR count). The van der Waals surface area contributed by atoms with Gasteiger partial charge in [-0.25, -0.2) is 18.3 Å². The minimum absolute atomic E-state index is 0.00222.